The predicted molar refractivity (Wildman–Crippen MR) is 49.1 cm³/mol. The SMILES string of the molecule is CCCC(CC(=O)OCC)NC=O. The van der Waals surface area contributed by atoms with Gasteiger partial charge in [-0.05, 0) is 13.3 Å². The maximum Gasteiger partial charge on any atom is 0.307 e. The van der Waals surface area contributed by atoms with E-state index in [0.29, 0.717) is 13.0 Å². The topological polar surface area (TPSA) is 55.4 Å². The Kier molecular flexibility index (Phi) is 6.96. The van der Waals surface area contributed by atoms with Crippen LogP contribution in [0, 0.1) is 0 Å². The van der Waals surface area contributed by atoms with Crippen LogP contribution in [0.5, 0.6) is 0 Å². The van der Waals surface area contributed by atoms with Crippen molar-refractivity contribution < 1.29 is 14.3 Å². The fourth-order valence-corrected chi connectivity index (χ4v) is 1.11. The summed E-state index contributed by atoms with van der Waals surface area (Å²) in [5.41, 5.74) is 0. The zero-order chi connectivity index (χ0) is 10.1. The van der Waals surface area contributed by atoms with Crippen LogP contribution in [0.2, 0.25) is 0 Å². The van der Waals surface area contributed by atoms with Crippen molar-refractivity contribution in [1.29, 1.82) is 0 Å². The molecule has 1 N–H and O–H groups in total. The summed E-state index contributed by atoms with van der Waals surface area (Å²) in [5, 5.41) is 2.59. The average Bonchev–Trinajstić information content (AvgIpc) is 2.05. The smallest absolute Gasteiger partial charge is 0.307 e. The standard InChI is InChI=1S/C9H17NO3/c1-3-5-8(10-7-11)6-9(12)13-4-2/h7-8H,3-6H2,1-2H3,(H,10,11). The third-order valence-electron chi connectivity index (χ3n) is 1.66. The second-order valence-electron chi connectivity index (χ2n) is 2.78. The molecule has 0 bridgehead atoms. The molecule has 76 valence electrons. The molecule has 0 aliphatic rings. The van der Waals surface area contributed by atoms with Gasteiger partial charge in [0.1, 0.15) is 0 Å². The summed E-state index contributed by atoms with van der Waals surface area (Å²) in [6.07, 6.45) is 2.63. The third kappa shape index (κ3) is 6.13. The largest absolute Gasteiger partial charge is 0.466 e. The number of hydrogen-bond donors (Lipinski definition) is 1. The average molecular weight is 187 g/mol. The van der Waals surface area contributed by atoms with Gasteiger partial charge in [0.25, 0.3) is 0 Å². The summed E-state index contributed by atoms with van der Waals surface area (Å²) in [4.78, 5) is 21.2. The number of carbonyl (C=O) groups excluding carboxylic acids is 2. The summed E-state index contributed by atoms with van der Waals surface area (Å²) in [5.74, 6) is -0.254. The number of ether oxygens (including phenoxy) is 1. The lowest BCUT2D eigenvalue weighted by Gasteiger charge is -2.13. The molecule has 0 aromatic rings. The monoisotopic (exact) mass is 187 g/mol. The number of rotatable bonds is 7. The fourth-order valence-electron chi connectivity index (χ4n) is 1.11. The van der Waals surface area contributed by atoms with Gasteiger partial charge in [0.05, 0.1) is 13.0 Å². The summed E-state index contributed by atoms with van der Waals surface area (Å²) in [7, 11) is 0. The summed E-state index contributed by atoms with van der Waals surface area (Å²) in [6.45, 7) is 4.16. The first-order chi connectivity index (χ1) is 6.24. The van der Waals surface area contributed by atoms with Crippen molar-refractivity contribution in [3.8, 4) is 0 Å². The van der Waals surface area contributed by atoms with Gasteiger partial charge in [-0.1, -0.05) is 13.3 Å². The third-order valence-corrected chi connectivity index (χ3v) is 1.66. The normalized spacial score (nSPS) is 11.8. The lowest BCUT2D eigenvalue weighted by atomic mass is 10.1. The Morgan fingerprint density at radius 3 is 2.69 bits per heavy atom. The first kappa shape index (κ1) is 11.9. The van der Waals surface area contributed by atoms with Crippen molar-refractivity contribution in [2.45, 2.75) is 39.2 Å². The number of carbonyl (C=O) groups is 2. The molecule has 0 heterocycles. The van der Waals surface area contributed by atoms with Crippen LogP contribution in [-0.4, -0.2) is 25.0 Å². The molecule has 13 heavy (non-hydrogen) atoms. The Morgan fingerprint density at radius 2 is 2.23 bits per heavy atom. The Labute approximate surface area is 78.6 Å². The van der Waals surface area contributed by atoms with Crippen LogP contribution in [0.25, 0.3) is 0 Å². The molecule has 0 saturated heterocycles. The maximum absolute atomic E-state index is 11.0. The number of esters is 1. The van der Waals surface area contributed by atoms with Gasteiger partial charge < -0.3 is 10.1 Å². The highest BCUT2D eigenvalue weighted by Gasteiger charge is 2.12. The van der Waals surface area contributed by atoms with Gasteiger partial charge in [0.2, 0.25) is 6.41 Å². The molecule has 4 nitrogen and oxygen atoms in total. The fraction of sp³-hybridized carbons (Fsp3) is 0.778. The van der Waals surface area contributed by atoms with E-state index in [1.54, 1.807) is 6.92 Å². The van der Waals surface area contributed by atoms with E-state index < -0.39 is 0 Å². The van der Waals surface area contributed by atoms with Gasteiger partial charge in [-0.3, -0.25) is 9.59 Å². The molecule has 0 aromatic carbocycles. The Bertz CT molecular complexity index is 159. The molecular formula is C9H17NO3. The molecule has 0 spiro atoms. The van der Waals surface area contributed by atoms with Crippen molar-refractivity contribution >= 4 is 12.4 Å². The molecule has 4 heteroatoms. The van der Waals surface area contributed by atoms with Crippen molar-refractivity contribution in [2.24, 2.45) is 0 Å². The molecule has 1 amide bonds. The molecule has 0 aliphatic carbocycles. The van der Waals surface area contributed by atoms with Crippen LogP contribution >= 0.6 is 0 Å². The zero-order valence-corrected chi connectivity index (χ0v) is 8.21. The van der Waals surface area contributed by atoms with Gasteiger partial charge in [-0.25, -0.2) is 0 Å². The predicted octanol–water partition coefficient (Wildman–Crippen LogP) is 0.854. The van der Waals surface area contributed by atoms with Crippen LogP contribution < -0.4 is 5.32 Å². The number of hydrogen-bond acceptors (Lipinski definition) is 3. The highest BCUT2D eigenvalue weighted by molar-refractivity contribution is 5.70. The minimum absolute atomic E-state index is 0.0819. The minimum atomic E-state index is -0.254. The molecule has 1 atom stereocenters. The van der Waals surface area contributed by atoms with Crippen molar-refractivity contribution in [3.05, 3.63) is 0 Å². The van der Waals surface area contributed by atoms with E-state index in [1.807, 2.05) is 6.92 Å². The summed E-state index contributed by atoms with van der Waals surface area (Å²) in [6, 6.07) is -0.0819. The Morgan fingerprint density at radius 1 is 1.54 bits per heavy atom. The van der Waals surface area contributed by atoms with Crippen LogP contribution in [-0.2, 0) is 14.3 Å². The highest BCUT2D eigenvalue weighted by atomic mass is 16.5. The second kappa shape index (κ2) is 7.58. The molecule has 1 unspecified atom stereocenters. The van der Waals surface area contributed by atoms with E-state index >= 15 is 0 Å². The summed E-state index contributed by atoms with van der Waals surface area (Å²) < 4.78 is 4.77. The molecule has 0 fully saturated rings. The molecule has 0 aliphatic heterocycles. The summed E-state index contributed by atoms with van der Waals surface area (Å²) >= 11 is 0. The van der Waals surface area contributed by atoms with Crippen LogP contribution in [0.4, 0.5) is 0 Å². The van der Waals surface area contributed by atoms with Crippen molar-refractivity contribution in [3.63, 3.8) is 0 Å². The molecule has 0 saturated carbocycles. The Balaban J connectivity index is 3.78. The first-order valence-electron chi connectivity index (χ1n) is 4.59. The van der Waals surface area contributed by atoms with Crippen LogP contribution in [0.1, 0.15) is 33.1 Å². The van der Waals surface area contributed by atoms with E-state index in [-0.39, 0.29) is 18.4 Å². The first-order valence-corrected chi connectivity index (χ1v) is 4.59. The van der Waals surface area contributed by atoms with Gasteiger partial charge in [0, 0.05) is 6.04 Å². The van der Waals surface area contributed by atoms with Gasteiger partial charge in [0.15, 0.2) is 0 Å². The molecular weight excluding hydrogens is 170 g/mol. The van der Waals surface area contributed by atoms with Crippen LogP contribution in [0.15, 0.2) is 0 Å². The van der Waals surface area contributed by atoms with Gasteiger partial charge >= 0.3 is 5.97 Å². The lowest BCUT2D eigenvalue weighted by molar-refractivity contribution is -0.143. The zero-order valence-electron chi connectivity index (χ0n) is 8.21. The van der Waals surface area contributed by atoms with E-state index in [4.69, 9.17) is 4.74 Å². The van der Waals surface area contributed by atoms with Crippen molar-refractivity contribution in [1.82, 2.24) is 5.32 Å². The number of nitrogens with one attached hydrogen (secondary N) is 1. The maximum atomic E-state index is 11.0. The van der Waals surface area contributed by atoms with E-state index in [9.17, 15) is 9.59 Å². The second-order valence-corrected chi connectivity index (χ2v) is 2.78. The molecule has 0 aromatic heterocycles. The Hall–Kier alpha value is -1.06. The quantitative estimate of drug-likeness (QED) is 0.475. The van der Waals surface area contributed by atoms with Crippen molar-refractivity contribution in [2.75, 3.05) is 6.61 Å². The minimum Gasteiger partial charge on any atom is -0.466 e. The van der Waals surface area contributed by atoms with E-state index in [0.717, 1.165) is 12.8 Å². The van der Waals surface area contributed by atoms with E-state index in [1.165, 1.54) is 0 Å². The van der Waals surface area contributed by atoms with Gasteiger partial charge in [-0.15, -0.1) is 0 Å². The number of amides is 1. The molecule has 0 radical (unpaired) electrons. The van der Waals surface area contributed by atoms with E-state index in [2.05, 4.69) is 5.32 Å². The lowest BCUT2D eigenvalue weighted by Crippen LogP contribution is -2.30. The highest BCUT2D eigenvalue weighted by Crippen LogP contribution is 2.02. The van der Waals surface area contributed by atoms with Gasteiger partial charge in [-0.2, -0.15) is 0 Å². The van der Waals surface area contributed by atoms with Crippen LogP contribution in [0.3, 0.4) is 0 Å². The molecule has 0 rings (SSSR count).